The van der Waals surface area contributed by atoms with Gasteiger partial charge in [0.25, 0.3) is 0 Å². The molecule has 0 aliphatic carbocycles. The van der Waals surface area contributed by atoms with Crippen LogP contribution in [0.3, 0.4) is 0 Å². The van der Waals surface area contributed by atoms with Gasteiger partial charge in [0.2, 0.25) is 4.96 Å². The molecule has 0 saturated carbocycles. The molecule has 2 aromatic heterocycles. The molecule has 0 bridgehead atoms. The van der Waals surface area contributed by atoms with Crippen molar-refractivity contribution in [2.45, 2.75) is 18.8 Å². The molecule has 1 aliphatic heterocycles. The second-order valence-electron chi connectivity index (χ2n) is 5.14. The van der Waals surface area contributed by atoms with Crippen molar-refractivity contribution in [1.82, 2.24) is 19.9 Å². The molecule has 0 spiro atoms. The lowest BCUT2D eigenvalue weighted by Crippen LogP contribution is -2.27. The first-order valence-corrected chi connectivity index (χ1v) is 7.71. The molecule has 3 aromatic rings. The first-order valence-electron chi connectivity index (χ1n) is 6.89. The number of thiazole rings is 1. The second kappa shape index (κ2) is 4.71. The van der Waals surface area contributed by atoms with Crippen LogP contribution in [0.4, 0.5) is 0 Å². The normalized spacial score (nSPS) is 17.1. The van der Waals surface area contributed by atoms with Crippen molar-refractivity contribution in [2.24, 2.45) is 0 Å². The zero-order chi connectivity index (χ0) is 13.5. The molecule has 4 rings (SSSR count). The number of ether oxygens (including phenoxy) is 1. The average molecular weight is 288 g/mol. The number of piperidine rings is 1. The SMILES string of the molecule is COc1ccc2c(c1)sc1nnc(C3CCNCC3)n12. The number of methoxy groups -OCH3 is 1. The van der Waals surface area contributed by atoms with Crippen molar-refractivity contribution in [1.29, 1.82) is 0 Å². The second-order valence-corrected chi connectivity index (χ2v) is 6.15. The molecule has 5 nitrogen and oxygen atoms in total. The van der Waals surface area contributed by atoms with Crippen LogP contribution in [0.1, 0.15) is 24.6 Å². The van der Waals surface area contributed by atoms with Crippen LogP contribution in [0.5, 0.6) is 5.75 Å². The fourth-order valence-corrected chi connectivity index (χ4v) is 3.91. The van der Waals surface area contributed by atoms with Crippen molar-refractivity contribution < 1.29 is 4.74 Å². The standard InChI is InChI=1S/C14H16N4OS/c1-19-10-2-3-11-12(8-10)20-14-17-16-13(18(11)14)9-4-6-15-7-5-9/h2-3,8-9,15H,4-7H2,1H3. The van der Waals surface area contributed by atoms with Gasteiger partial charge in [-0.25, -0.2) is 0 Å². The summed E-state index contributed by atoms with van der Waals surface area (Å²) in [5.74, 6) is 2.50. The van der Waals surface area contributed by atoms with Crippen molar-refractivity contribution in [3.8, 4) is 5.75 Å². The Kier molecular flexibility index (Phi) is 2.85. The number of rotatable bonds is 2. The van der Waals surface area contributed by atoms with Gasteiger partial charge in [-0.05, 0) is 44.1 Å². The van der Waals surface area contributed by atoms with E-state index < -0.39 is 0 Å². The molecule has 1 aromatic carbocycles. The minimum Gasteiger partial charge on any atom is -0.497 e. The lowest BCUT2D eigenvalue weighted by atomic mass is 9.97. The quantitative estimate of drug-likeness (QED) is 0.787. The van der Waals surface area contributed by atoms with Gasteiger partial charge in [-0.3, -0.25) is 4.40 Å². The van der Waals surface area contributed by atoms with E-state index >= 15 is 0 Å². The highest BCUT2D eigenvalue weighted by Crippen LogP contribution is 2.33. The zero-order valence-corrected chi connectivity index (χ0v) is 12.1. The van der Waals surface area contributed by atoms with Crippen molar-refractivity contribution in [3.63, 3.8) is 0 Å². The molecule has 0 unspecified atom stereocenters. The van der Waals surface area contributed by atoms with Crippen LogP contribution in [0, 0.1) is 0 Å². The fourth-order valence-electron chi connectivity index (χ4n) is 2.90. The summed E-state index contributed by atoms with van der Waals surface area (Å²) < 4.78 is 8.71. The Morgan fingerprint density at radius 2 is 2.15 bits per heavy atom. The number of nitrogens with zero attached hydrogens (tertiary/aromatic N) is 3. The summed E-state index contributed by atoms with van der Waals surface area (Å²) in [4.78, 5) is 0.974. The molecule has 0 atom stereocenters. The third kappa shape index (κ3) is 1.79. The maximum absolute atomic E-state index is 5.29. The van der Waals surface area contributed by atoms with E-state index in [1.807, 2.05) is 6.07 Å². The third-order valence-electron chi connectivity index (χ3n) is 3.97. The Labute approximate surface area is 120 Å². The summed E-state index contributed by atoms with van der Waals surface area (Å²) in [5, 5.41) is 12.2. The fraction of sp³-hybridized carbons (Fsp3) is 0.429. The Balaban J connectivity index is 1.89. The van der Waals surface area contributed by atoms with E-state index in [1.54, 1.807) is 18.4 Å². The van der Waals surface area contributed by atoms with E-state index in [1.165, 1.54) is 10.2 Å². The number of hydrogen-bond donors (Lipinski definition) is 1. The van der Waals surface area contributed by atoms with Crippen molar-refractivity contribution >= 4 is 26.5 Å². The summed E-state index contributed by atoms with van der Waals surface area (Å²) in [6.07, 6.45) is 2.27. The van der Waals surface area contributed by atoms with E-state index in [-0.39, 0.29) is 0 Å². The summed E-state index contributed by atoms with van der Waals surface area (Å²) >= 11 is 1.67. The highest BCUT2D eigenvalue weighted by molar-refractivity contribution is 7.23. The van der Waals surface area contributed by atoms with Crippen LogP contribution < -0.4 is 10.1 Å². The van der Waals surface area contributed by atoms with Crippen LogP contribution in [0.15, 0.2) is 18.2 Å². The molecule has 0 amide bonds. The first kappa shape index (κ1) is 12.1. The van der Waals surface area contributed by atoms with E-state index in [0.717, 1.165) is 42.5 Å². The minimum atomic E-state index is 0.506. The smallest absolute Gasteiger partial charge is 0.217 e. The predicted molar refractivity (Wildman–Crippen MR) is 79.8 cm³/mol. The van der Waals surface area contributed by atoms with Crippen LogP contribution in [0.25, 0.3) is 15.2 Å². The summed E-state index contributed by atoms with van der Waals surface area (Å²) in [7, 11) is 1.70. The molecule has 1 aliphatic rings. The van der Waals surface area contributed by atoms with E-state index in [9.17, 15) is 0 Å². The molecule has 0 radical (unpaired) electrons. The van der Waals surface area contributed by atoms with E-state index in [0.29, 0.717) is 5.92 Å². The van der Waals surface area contributed by atoms with Gasteiger partial charge >= 0.3 is 0 Å². The Morgan fingerprint density at radius 3 is 2.95 bits per heavy atom. The van der Waals surface area contributed by atoms with Crippen molar-refractivity contribution in [3.05, 3.63) is 24.0 Å². The molecule has 1 fully saturated rings. The summed E-state index contributed by atoms with van der Waals surface area (Å²) in [6.45, 7) is 2.13. The average Bonchev–Trinajstić information content (AvgIpc) is 3.06. The molecule has 104 valence electrons. The van der Waals surface area contributed by atoms with Gasteiger partial charge in [0.05, 0.1) is 17.3 Å². The Bertz CT molecular complexity index is 757. The molecule has 1 saturated heterocycles. The van der Waals surface area contributed by atoms with Gasteiger partial charge in [0, 0.05) is 5.92 Å². The molecule has 20 heavy (non-hydrogen) atoms. The number of benzene rings is 1. The molecular formula is C14H16N4OS. The highest BCUT2D eigenvalue weighted by Gasteiger charge is 2.22. The van der Waals surface area contributed by atoms with Crippen molar-refractivity contribution in [2.75, 3.05) is 20.2 Å². The van der Waals surface area contributed by atoms with E-state index in [4.69, 9.17) is 4.74 Å². The van der Waals surface area contributed by atoms with Gasteiger partial charge in [0.15, 0.2) is 0 Å². The predicted octanol–water partition coefficient (Wildman–Crippen LogP) is 2.42. The van der Waals surface area contributed by atoms with Gasteiger partial charge in [-0.2, -0.15) is 0 Å². The van der Waals surface area contributed by atoms with Crippen LogP contribution >= 0.6 is 11.3 Å². The van der Waals surface area contributed by atoms with Gasteiger partial charge in [-0.1, -0.05) is 11.3 Å². The lowest BCUT2D eigenvalue weighted by Gasteiger charge is -2.20. The number of nitrogens with one attached hydrogen (secondary N) is 1. The molecule has 6 heteroatoms. The van der Waals surface area contributed by atoms with Crippen LogP contribution in [-0.4, -0.2) is 34.8 Å². The monoisotopic (exact) mass is 288 g/mol. The molecule has 1 N–H and O–H groups in total. The summed E-state index contributed by atoms with van der Waals surface area (Å²) in [5.41, 5.74) is 1.18. The largest absolute Gasteiger partial charge is 0.497 e. The zero-order valence-electron chi connectivity index (χ0n) is 11.3. The maximum Gasteiger partial charge on any atom is 0.217 e. The Hall–Kier alpha value is -1.66. The number of fused-ring (bicyclic) bond motifs is 3. The molecular weight excluding hydrogens is 272 g/mol. The van der Waals surface area contributed by atoms with Crippen LogP contribution in [-0.2, 0) is 0 Å². The topological polar surface area (TPSA) is 51.5 Å². The molecule has 3 heterocycles. The van der Waals surface area contributed by atoms with Gasteiger partial charge in [-0.15, -0.1) is 10.2 Å². The lowest BCUT2D eigenvalue weighted by molar-refractivity contribution is 0.415. The van der Waals surface area contributed by atoms with Crippen LogP contribution in [0.2, 0.25) is 0 Å². The third-order valence-corrected chi connectivity index (χ3v) is 4.97. The van der Waals surface area contributed by atoms with Gasteiger partial charge in [0.1, 0.15) is 11.6 Å². The first-order chi connectivity index (χ1) is 9.86. The Morgan fingerprint density at radius 1 is 1.30 bits per heavy atom. The number of hydrogen-bond acceptors (Lipinski definition) is 5. The highest BCUT2D eigenvalue weighted by atomic mass is 32.1. The number of aromatic nitrogens is 3. The summed E-state index contributed by atoms with van der Waals surface area (Å²) in [6, 6.07) is 6.17. The minimum absolute atomic E-state index is 0.506. The maximum atomic E-state index is 5.29. The van der Waals surface area contributed by atoms with Gasteiger partial charge < -0.3 is 10.1 Å². The van der Waals surface area contributed by atoms with E-state index in [2.05, 4.69) is 32.0 Å².